The van der Waals surface area contributed by atoms with E-state index in [1.54, 1.807) is 20.8 Å². The van der Waals surface area contributed by atoms with Crippen molar-refractivity contribution in [3.05, 3.63) is 48.0 Å². The van der Waals surface area contributed by atoms with E-state index in [-0.39, 0.29) is 0 Å². The van der Waals surface area contributed by atoms with Gasteiger partial charge in [-0.2, -0.15) is 0 Å². The van der Waals surface area contributed by atoms with Crippen molar-refractivity contribution < 1.29 is 28.9 Å². The Kier molecular flexibility index (Phi) is 8.67. The van der Waals surface area contributed by atoms with Crippen LogP contribution >= 0.6 is 0 Å². The van der Waals surface area contributed by atoms with Gasteiger partial charge >= 0.3 is 12.1 Å². The van der Waals surface area contributed by atoms with Crippen molar-refractivity contribution in [3.8, 4) is 0 Å². The third-order valence-corrected chi connectivity index (χ3v) is 4.27. The maximum Gasteiger partial charge on any atom is 0.407 e. The summed E-state index contributed by atoms with van der Waals surface area (Å²) >= 11 is 0. The van der Waals surface area contributed by atoms with Crippen LogP contribution in [0.3, 0.4) is 0 Å². The summed E-state index contributed by atoms with van der Waals surface area (Å²) in [4.78, 5) is 23.5. The van der Waals surface area contributed by atoms with Crippen molar-refractivity contribution >= 4 is 12.1 Å². The van der Waals surface area contributed by atoms with Gasteiger partial charge in [-0.15, -0.1) is 0 Å². The van der Waals surface area contributed by atoms with Gasteiger partial charge in [-0.3, -0.25) is 0 Å². The number of rotatable bonds is 8. The molecule has 29 heavy (non-hydrogen) atoms. The van der Waals surface area contributed by atoms with Crippen LogP contribution in [-0.4, -0.2) is 47.8 Å². The van der Waals surface area contributed by atoms with Gasteiger partial charge in [-0.05, 0) is 58.1 Å². The molecule has 160 valence electrons. The molecule has 0 spiro atoms. The largest absolute Gasteiger partial charge is 0.478 e. The molecule has 7 nitrogen and oxygen atoms in total. The highest BCUT2D eigenvalue weighted by Gasteiger charge is 2.29. The lowest BCUT2D eigenvalue weighted by Gasteiger charge is -2.32. The van der Waals surface area contributed by atoms with E-state index in [1.165, 1.54) is 6.08 Å². The zero-order chi connectivity index (χ0) is 21.3. The van der Waals surface area contributed by atoms with Crippen LogP contribution in [0.4, 0.5) is 4.79 Å². The number of carbonyl (C=O) groups is 2. The minimum Gasteiger partial charge on any atom is -0.478 e. The van der Waals surface area contributed by atoms with E-state index in [0.717, 1.165) is 30.9 Å². The highest BCUT2D eigenvalue weighted by atomic mass is 16.7. The molecule has 3 unspecified atom stereocenters. The molecule has 1 aromatic carbocycles. The Morgan fingerprint density at radius 3 is 2.59 bits per heavy atom. The van der Waals surface area contributed by atoms with Gasteiger partial charge in [0, 0.05) is 12.7 Å². The number of hydrogen-bond donors (Lipinski definition) is 2. The van der Waals surface area contributed by atoms with E-state index in [9.17, 15) is 9.59 Å². The van der Waals surface area contributed by atoms with Gasteiger partial charge < -0.3 is 24.6 Å². The zero-order valence-electron chi connectivity index (χ0n) is 17.3. The van der Waals surface area contributed by atoms with Crippen molar-refractivity contribution in [2.75, 3.05) is 6.61 Å². The van der Waals surface area contributed by atoms with Gasteiger partial charge in [0.25, 0.3) is 0 Å². The maximum atomic E-state index is 12.4. The van der Waals surface area contributed by atoms with Gasteiger partial charge in [-0.1, -0.05) is 30.3 Å². The fourth-order valence-electron chi connectivity index (χ4n) is 3.02. The first-order chi connectivity index (χ1) is 13.7. The van der Waals surface area contributed by atoms with Gasteiger partial charge in [0.15, 0.2) is 6.29 Å². The molecule has 1 fully saturated rings. The predicted molar refractivity (Wildman–Crippen MR) is 109 cm³/mol. The molecule has 1 heterocycles. The van der Waals surface area contributed by atoms with E-state index < -0.39 is 36.1 Å². The smallest absolute Gasteiger partial charge is 0.407 e. The van der Waals surface area contributed by atoms with Crippen LogP contribution in [0.1, 0.15) is 45.6 Å². The summed E-state index contributed by atoms with van der Waals surface area (Å²) in [7, 11) is 0. The first-order valence-electron chi connectivity index (χ1n) is 9.94. The molecular weight excluding hydrogens is 374 g/mol. The van der Waals surface area contributed by atoms with Crippen molar-refractivity contribution in [1.29, 1.82) is 0 Å². The zero-order valence-corrected chi connectivity index (χ0v) is 17.3. The lowest BCUT2D eigenvalue weighted by Crippen LogP contribution is -2.48. The van der Waals surface area contributed by atoms with Crippen LogP contribution in [0.25, 0.3) is 0 Å². The van der Waals surface area contributed by atoms with Crippen LogP contribution < -0.4 is 5.32 Å². The van der Waals surface area contributed by atoms with Gasteiger partial charge in [0.1, 0.15) is 5.60 Å². The molecule has 0 radical (unpaired) electrons. The predicted octanol–water partition coefficient (Wildman–Crippen LogP) is 3.68. The number of benzene rings is 1. The molecule has 1 amide bonds. The molecule has 1 aromatic rings. The Balaban J connectivity index is 2.22. The van der Waals surface area contributed by atoms with E-state index in [4.69, 9.17) is 19.3 Å². The number of carbonyl (C=O) groups excluding carboxylic acids is 1. The molecule has 0 aromatic heterocycles. The van der Waals surface area contributed by atoms with Crippen LogP contribution in [0.15, 0.2) is 42.5 Å². The van der Waals surface area contributed by atoms with Gasteiger partial charge in [0.2, 0.25) is 0 Å². The van der Waals surface area contributed by atoms with Crippen LogP contribution in [0, 0.1) is 0 Å². The van der Waals surface area contributed by atoms with E-state index >= 15 is 0 Å². The van der Waals surface area contributed by atoms with Gasteiger partial charge in [-0.25, -0.2) is 9.59 Å². The SMILES string of the molecule is CC(C)(C)OC(=O)NC(Cc1ccccc1)C(/C=C/C(=O)O)OC1CCCCO1. The molecule has 1 aliphatic rings. The number of carboxylic acids is 1. The standard InChI is InChI=1S/C22H31NO6/c1-22(2,3)29-21(26)23-17(15-16-9-5-4-6-10-16)18(12-13-19(24)25)28-20-11-7-8-14-27-20/h4-6,9-10,12-13,17-18,20H,7-8,11,14-15H2,1-3H3,(H,23,26)(H,24,25)/b13-12+. The summed E-state index contributed by atoms with van der Waals surface area (Å²) in [5, 5.41) is 11.9. The number of carboxylic acid groups (broad SMARTS) is 1. The fraction of sp³-hybridized carbons (Fsp3) is 0.545. The quantitative estimate of drug-likeness (QED) is 0.641. The monoisotopic (exact) mass is 405 g/mol. The summed E-state index contributed by atoms with van der Waals surface area (Å²) in [6, 6.07) is 9.08. The van der Waals surface area contributed by atoms with E-state index in [1.807, 2.05) is 30.3 Å². The molecule has 0 aliphatic carbocycles. The summed E-state index contributed by atoms with van der Waals surface area (Å²) in [6.07, 6.45) is 3.88. The highest BCUT2D eigenvalue weighted by Crippen LogP contribution is 2.19. The second kappa shape index (κ2) is 11.0. The van der Waals surface area contributed by atoms with Crippen LogP contribution in [0.2, 0.25) is 0 Å². The molecule has 2 N–H and O–H groups in total. The summed E-state index contributed by atoms with van der Waals surface area (Å²) in [5.41, 5.74) is 0.330. The van der Waals surface area contributed by atoms with E-state index in [2.05, 4.69) is 5.32 Å². The van der Waals surface area contributed by atoms with Crippen molar-refractivity contribution in [2.24, 2.45) is 0 Å². The summed E-state index contributed by atoms with van der Waals surface area (Å²) in [5.74, 6) is -1.08. The first kappa shape index (κ1) is 22.9. The number of alkyl carbamates (subject to hydrolysis) is 1. The minimum atomic E-state index is -1.08. The average molecular weight is 405 g/mol. The molecule has 7 heteroatoms. The third-order valence-electron chi connectivity index (χ3n) is 4.27. The molecule has 1 saturated heterocycles. The third kappa shape index (κ3) is 9.11. The lowest BCUT2D eigenvalue weighted by atomic mass is 10.0. The maximum absolute atomic E-state index is 12.4. The minimum absolute atomic E-state index is 0.439. The molecule has 2 rings (SSSR count). The second-order valence-corrected chi connectivity index (χ2v) is 8.04. The fourth-order valence-corrected chi connectivity index (χ4v) is 3.02. The van der Waals surface area contributed by atoms with Crippen LogP contribution in [0.5, 0.6) is 0 Å². The average Bonchev–Trinajstić information content (AvgIpc) is 2.64. The number of hydrogen-bond acceptors (Lipinski definition) is 5. The van der Waals surface area contributed by atoms with Crippen molar-refractivity contribution in [1.82, 2.24) is 5.32 Å². The molecule has 0 bridgehead atoms. The molecular formula is C22H31NO6. The Labute approximate surface area is 172 Å². The number of ether oxygens (including phenoxy) is 3. The highest BCUT2D eigenvalue weighted by molar-refractivity contribution is 5.79. The number of amides is 1. The van der Waals surface area contributed by atoms with Crippen LogP contribution in [-0.2, 0) is 25.4 Å². The van der Waals surface area contributed by atoms with Gasteiger partial charge in [0.05, 0.1) is 12.1 Å². The Hall–Kier alpha value is -2.38. The Morgan fingerprint density at radius 2 is 2.00 bits per heavy atom. The Bertz CT molecular complexity index is 676. The lowest BCUT2D eigenvalue weighted by molar-refractivity contribution is -0.183. The molecule has 1 aliphatic heterocycles. The molecule has 0 saturated carbocycles. The summed E-state index contributed by atoms with van der Waals surface area (Å²) in [6.45, 7) is 5.95. The Morgan fingerprint density at radius 1 is 1.28 bits per heavy atom. The van der Waals surface area contributed by atoms with E-state index in [0.29, 0.717) is 13.0 Å². The second-order valence-electron chi connectivity index (χ2n) is 8.04. The normalized spacial score (nSPS) is 19.5. The number of nitrogens with one attached hydrogen (secondary N) is 1. The first-order valence-corrected chi connectivity index (χ1v) is 9.94. The van der Waals surface area contributed by atoms with Crippen molar-refractivity contribution in [3.63, 3.8) is 0 Å². The molecule has 3 atom stereocenters. The topological polar surface area (TPSA) is 94.1 Å². The summed E-state index contributed by atoms with van der Waals surface area (Å²) < 4.78 is 17.1. The number of aliphatic carboxylic acids is 1. The van der Waals surface area contributed by atoms with Crippen molar-refractivity contribution in [2.45, 2.75) is 70.5 Å².